The van der Waals surface area contributed by atoms with Crippen LogP contribution >= 0.6 is 11.3 Å². The fourth-order valence-corrected chi connectivity index (χ4v) is 6.81. The summed E-state index contributed by atoms with van der Waals surface area (Å²) < 4.78 is 15.8. The first-order valence-corrected chi connectivity index (χ1v) is 13.5. The largest absolute Gasteiger partial charge is 0.305 e. The molecule has 0 saturated carbocycles. The van der Waals surface area contributed by atoms with Crippen molar-refractivity contribution in [1.82, 2.24) is 15.0 Å². The molecule has 197 valence electrons. The Bertz CT molecular complexity index is 1810. The minimum Gasteiger partial charge on any atom is -0.305 e. The molecule has 0 fully saturated rings. The van der Waals surface area contributed by atoms with Gasteiger partial charge in [0.15, 0.2) is 0 Å². The number of halogens is 1. The molecule has 39 heavy (non-hydrogen) atoms. The van der Waals surface area contributed by atoms with Gasteiger partial charge in [0.25, 0.3) is 0 Å². The van der Waals surface area contributed by atoms with Crippen LogP contribution in [0, 0.1) is 24.9 Å². The van der Waals surface area contributed by atoms with Gasteiger partial charge in [-0.05, 0) is 33.6 Å². The first kappa shape index (κ1) is 27.3. The summed E-state index contributed by atoms with van der Waals surface area (Å²) in [7, 11) is 0. The van der Waals surface area contributed by atoms with E-state index in [9.17, 15) is 4.39 Å². The second-order valence-electron chi connectivity index (χ2n) is 9.97. The number of pyridine rings is 3. The Kier molecular flexibility index (Phi) is 7.47. The van der Waals surface area contributed by atoms with E-state index in [0.29, 0.717) is 5.39 Å². The molecule has 7 rings (SSSR count). The molecule has 6 heteroatoms. The molecule has 0 unspecified atom stereocenters. The minimum absolute atomic E-state index is 0. The van der Waals surface area contributed by atoms with Crippen LogP contribution in [0.4, 0.5) is 4.39 Å². The second kappa shape index (κ2) is 10.7. The van der Waals surface area contributed by atoms with Gasteiger partial charge in [0.2, 0.25) is 0 Å². The smallest absolute Gasteiger partial charge is 0.149 e. The average molecular weight is 708 g/mol. The van der Waals surface area contributed by atoms with Crippen LogP contribution in [0.5, 0.6) is 0 Å². The molecule has 0 aliphatic heterocycles. The van der Waals surface area contributed by atoms with Gasteiger partial charge < -0.3 is 9.97 Å². The van der Waals surface area contributed by atoms with Gasteiger partial charge in [-0.1, -0.05) is 63.3 Å². The van der Waals surface area contributed by atoms with Crippen molar-refractivity contribution in [1.29, 1.82) is 0 Å². The molecule has 0 amide bonds. The van der Waals surface area contributed by atoms with E-state index < -0.39 is 0 Å². The van der Waals surface area contributed by atoms with Gasteiger partial charge in [-0.3, -0.25) is 4.98 Å². The molecule has 0 atom stereocenters. The third-order valence-corrected chi connectivity index (χ3v) is 8.60. The Balaban J connectivity index is 0.000000155. The zero-order chi connectivity index (χ0) is 26.4. The Morgan fingerprint density at radius 2 is 1.79 bits per heavy atom. The van der Waals surface area contributed by atoms with Gasteiger partial charge in [-0.15, -0.1) is 58.1 Å². The van der Waals surface area contributed by atoms with Crippen molar-refractivity contribution in [2.45, 2.75) is 39.5 Å². The summed E-state index contributed by atoms with van der Waals surface area (Å²) in [6, 6.07) is 22.5. The molecule has 4 aromatic heterocycles. The van der Waals surface area contributed by atoms with Crippen molar-refractivity contribution in [3.8, 4) is 22.5 Å². The maximum atomic E-state index is 14.0. The number of aryl methyl sites for hydroxylation is 1. The molecule has 1 aliphatic rings. The van der Waals surface area contributed by atoms with Crippen molar-refractivity contribution in [2.24, 2.45) is 0 Å². The number of rotatable bonds is 2. The summed E-state index contributed by atoms with van der Waals surface area (Å²) in [5, 5.41) is 1.52. The number of aromatic nitrogens is 3. The summed E-state index contributed by atoms with van der Waals surface area (Å²) in [4.78, 5) is 12.8. The van der Waals surface area contributed by atoms with Crippen molar-refractivity contribution >= 4 is 31.5 Å². The number of hydrogen-bond donors (Lipinski definition) is 0. The fourth-order valence-electron chi connectivity index (χ4n) is 5.62. The Hall–Kier alpha value is -3.31. The molecule has 6 aromatic rings. The van der Waals surface area contributed by atoms with Gasteiger partial charge in [-0.2, -0.15) is 11.3 Å². The first-order valence-electron chi connectivity index (χ1n) is 12.7. The van der Waals surface area contributed by atoms with Gasteiger partial charge in [0.1, 0.15) is 5.82 Å². The maximum Gasteiger partial charge on any atom is 0.149 e. The van der Waals surface area contributed by atoms with E-state index in [1.807, 2.05) is 42.6 Å². The maximum absolute atomic E-state index is 14.0. The van der Waals surface area contributed by atoms with Crippen molar-refractivity contribution < 1.29 is 24.5 Å². The summed E-state index contributed by atoms with van der Waals surface area (Å²) in [5.74, 6) is -0.285. The van der Waals surface area contributed by atoms with Gasteiger partial charge in [0, 0.05) is 48.8 Å². The number of fused-ring (bicyclic) bond motifs is 6. The summed E-state index contributed by atoms with van der Waals surface area (Å²) in [6.45, 7) is 9.02. The van der Waals surface area contributed by atoms with E-state index >= 15 is 0 Å². The molecule has 3 nitrogen and oxygen atoms in total. The van der Waals surface area contributed by atoms with Crippen LogP contribution in [-0.2, 0) is 31.9 Å². The average Bonchev–Trinajstić information content (AvgIpc) is 3.44. The summed E-state index contributed by atoms with van der Waals surface area (Å²) >= 11 is 1.52. The summed E-state index contributed by atoms with van der Waals surface area (Å²) in [6.07, 6.45) is 7.64. The summed E-state index contributed by atoms with van der Waals surface area (Å²) in [5.41, 5.74) is 9.66. The van der Waals surface area contributed by atoms with E-state index in [4.69, 9.17) is 0 Å². The van der Waals surface area contributed by atoms with Crippen LogP contribution in [0.3, 0.4) is 0 Å². The molecule has 0 bridgehead atoms. The predicted octanol–water partition coefficient (Wildman–Crippen LogP) is 8.51. The minimum atomic E-state index is -0.285. The molecule has 4 heterocycles. The molecular weight excluding hydrogens is 682 g/mol. The second-order valence-corrected chi connectivity index (χ2v) is 11.0. The topological polar surface area (TPSA) is 38.7 Å². The standard InChI is InChI=1S/C17H18N.C16H8FN2S.Ir/c1-5-12-8-9-13-15(11(12)2)17(3,4)14-7-6-10-18-16(13)14;17-12-8-18-9-14-15(12)11-5-3-4-10(16(11)20-14)13-6-1-2-7-19-13;/h6-8,10H,5H2,1-4H3;1-3,5-9H;/q2*-1;. The molecule has 0 spiro atoms. The van der Waals surface area contributed by atoms with Crippen LogP contribution in [0.2, 0.25) is 0 Å². The van der Waals surface area contributed by atoms with E-state index in [1.165, 1.54) is 45.4 Å². The third kappa shape index (κ3) is 4.51. The number of benzene rings is 2. The van der Waals surface area contributed by atoms with Crippen LogP contribution in [0.15, 0.2) is 73.3 Å². The number of thiophene rings is 1. The molecular formula is C33H26FIrN3S-2. The van der Waals surface area contributed by atoms with Crippen LogP contribution in [-0.4, -0.2) is 15.0 Å². The first-order chi connectivity index (χ1) is 18.4. The molecule has 0 N–H and O–H groups in total. The number of hydrogen-bond acceptors (Lipinski definition) is 4. The zero-order valence-corrected chi connectivity index (χ0v) is 25.3. The Morgan fingerprint density at radius 3 is 2.56 bits per heavy atom. The molecule has 2 aromatic carbocycles. The number of nitrogens with zero attached hydrogens (tertiary/aromatic N) is 3. The van der Waals surface area contributed by atoms with Crippen molar-refractivity contribution in [2.75, 3.05) is 0 Å². The van der Waals surface area contributed by atoms with E-state index in [1.54, 1.807) is 12.4 Å². The molecule has 1 aliphatic carbocycles. The van der Waals surface area contributed by atoms with Crippen LogP contribution in [0.1, 0.15) is 43.0 Å². The van der Waals surface area contributed by atoms with E-state index in [0.717, 1.165) is 38.2 Å². The van der Waals surface area contributed by atoms with Crippen LogP contribution in [0.25, 0.3) is 42.7 Å². The Morgan fingerprint density at radius 1 is 0.974 bits per heavy atom. The van der Waals surface area contributed by atoms with Gasteiger partial charge >= 0.3 is 0 Å². The normalized spacial score (nSPS) is 12.8. The fraction of sp³-hybridized carbons (Fsp3) is 0.182. The van der Waals surface area contributed by atoms with Gasteiger partial charge in [0.05, 0.1) is 6.20 Å². The van der Waals surface area contributed by atoms with E-state index in [2.05, 4.69) is 66.9 Å². The van der Waals surface area contributed by atoms with Crippen molar-refractivity contribution in [3.63, 3.8) is 0 Å². The van der Waals surface area contributed by atoms with Crippen molar-refractivity contribution in [3.05, 3.63) is 114 Å². The quantitative estimate of drug-likeness (QED) is 0.170. The third-order valence-electron chi connectivity index (χ3n) is 7.44. The molecule has 0 saturated heterocycles. The Labute approximate surface area is 245 Å². The monoisotopic (exact) mass is 708 g/mol. The SMILES string of the molecule is CCc1c[c-]c2c(c1C)C(C)(C)c1cccnc1-2.Fc1cncc2sc3c(-c4ccccn4)[c-]ccc3c12.[Ir]. The predicted molar refractivity (Wildman–Crippen MR) is 154 cm³/mol. The van der Waals surface area contributed by atoms with Crippen LogP contribution < -0.4 is 0 Å². The van der Waals surface area contributed by atoms with E-state index in [-0.39, 0.29) is 31.3 Å². The molecule has 1 radical (unpaired) electrons. The zero-order valence-electron chi connectivity index (χ0n) is 22.1. The van der Waals surface area contributed by atoms with Gasteiger partial charge in [-0.25, -0.2) is 4.39 Å².